The van der Waals surface area contributed by atoms with Gasteiger partial charge < -0.3 is 5.11 Å². The van der Waals surface area contributed by atoms with Gasteiger partial charge in [-0.1, -0.05) is 65.7 Å². The zero-order valence-electron chi connectivity index (χ0n) is 19.7. The van der Waals surface area contributed by atoms with Crippen molar-refractivity contribution in [1.82, 2.24) is 0 Å². The molecule has 4 aliphatic rings. The Morgan fingerprint density at radius 1 is 0.467 bits per heavy atom. The fraction of sp³-hybridized carbons (Fsp3) is 0.852. The van der Waals surface area contributed by atoms with E-state index in [1.165, 1.54) is 61.9 Å². The topological polar surface area (TPSA) is 20.2 Å². The van der Waals surface area contributed by atoms with Crippen molar-refractivity contribution in [3.05, 3.63) is 25.7 Å². The summed E-state index contributed by atoms with van der Waals surface area (Å²) in [6.07, 6.45) is 37.6. The summed E-state index contributed by atoms with van der Waals surface area (Å²) in [5, 5.41) is 7.00. The minimum absolute atomic E-state index is 0. The van der Waals surface area contributed by atoms with Crippen LogP contribution in [0.2, 0.25) is 0 Å². The Hall–Kier alpha value is 1.04. The summed E-state index contributed by atoms with van der Waals surface area (Å²) < 4.78 is 0. The van der Waals surface area contributed by atoms with E-state index >= 15 is 0 Å². The van der Waals surface area contributed by atoms with Crippen LogP contribution in [0.15, 0.2) is 0 Å². The van der Waals surface area contributed by atoms with E-state index in [1.807, 2.05) is 0 Å². The van der Waals surface area contributed by atoms with Crippen LogP contribution in [0.1, 0.15) is 122 Å². The van der Waals surface area contributed by atoms with Crippen molar-refractivity contribution in [2.75, 3.05) is 7.11 Å². The maximum atomic E-state index is 7.00. The van der Waals surface area contributed by atoms with Crippen LogP contribution in [0, 0.1) is 25.7 Å². The molecule has 30 heavy (non-hydrogen) atoms. The third-order valence-corrected chi connectivity index (χ3v) is 11.4. The fourth-order valence-electron chi connectivity index (χ4n) is 5.89. The molecule has 4 rings (SSSR count). The summed E-state index contributed by atoms with van der Waals surface area (Å²) in [7, 11) is 1.38. The predicted molar refractivity (Wildman–Crippen MR) is 131 cm³/mol. The minimum Gasteiger partial charge on any atom is -0.400 e. The third kappa shape index (κ3) is 11.3. The van der Waals surface area contributed by atoms with E-state index in [2.05, 4.69) is 25.7 Å². The van der Waals surface area contributed by atoms with E-state index in [0.29, 0.717) is 7.92 Å². The first-order chi connectivity index (χ1) is 14.4. The SMILES string of the molecule is C1CCC(P(C2CCCCC2)C2CCCCC2)CC1.CO.[CH]1[CH]CC[CH][CH]CC1.[Ir]. The molecule has 0 amide bonds. The Kier molecular flexibility index (Phi) is 18.9. The number of hydrogen-bond donors (Lipinski definition) is 1. The predicted octanol–water partition coefficient (Wildman–Crippen LogP) is 8.45. The van der Waals surface area contributed by atoms with Crippen LogP contribution >= 0.6 is 7.92 Å². The van der Waals surface area contributed by atoms with Gasteiger partial charge in [0.05, 0.1) is 0 Å². The van der Waals surface area contributed by atoms with E-state index in [4.69, 9.17) is 5.11 Å². The molecule has 1 N–H and O–H groups in total. The quantitative estimate of drug-likeness (QED) is 0.317. The number of aliphatic hydroxyl groups is 1. The molecule has 0 heterocycles. The van der Waals surface area contributed by atoms with Crippen LogP contribution in [0.3, 0.4) is 0 Å². The van der Waals surface area contributed by atoms with Crippen molar-refractivity contribution >= 4 is 7.92 Å². The van der Waals surface area contributed by atoms with Gasteiger partial charge in [-0.3, -0.25) is 0 Å². The Balaban J connectivity index is 0.000000346. The van der Waals surface area contributed by atoms with Crippen molar-refractivity contribution < 1.29 is 25.2 Å². The molecule has 4 aliphatic carbocycles. The molecule has 0 aliphatic heterocycles. The molecule has 177 valence electrons. The Morgan fingerprint density at radius 3 is 0.933 bits per heavy atom. The van der Waals surface area contributed by atoms with Crippen LogP contribution in [0.25, 0.3) is 0 Å². The van der Waals surface area contributed by atoms with Crippen molar-refractivity contribution in [3.8, 4) is 0 Å². The van der Waals surface area contributed by atoms with E-state index < -0.39 is 0 Å². The maximum absolute atomic E-state index is 7.00. The smallest absolute Gasteiger partial charge is 0.0319 e. The number of rotatable bonds is 3. The minimum atomic E-state index is 0. The summed E-state index contributed by atoms with van der Waals surface area (Å²) in [5.74, 6) is 0. The largest absolute Gasteiger partial charge is 0.400 e. The molecule has 3 heteroatoms. The van der Waals surface area contributed by atoms with E-state index in [-0.39, 0.29) is 20.1 Å². The second-order valence-corrected chi connectivity index (χ2v) is 12.5. The fourth-order valence-corrected chi connectivity index (χ4v) is 10.6. The molecule has 0 saturated heterocycles. The summed E-state index contributed by atoms with van der Waals surface area (Å²) >= 11 is 0. The van der Waals surface area contributed by atoms with Crippen molar-refractivity contribution in [2.45, 2.75) is 139 Å². The summed E-state index contributed by atoms with van der Waals surface area (Å²) in [6, 6.07) is 0. The van der Waals surface area contributed by atoms with Gasteiger partial charge in [0.15, 0.2) is 0 Å². The van der Waals surface area contributed by atoms with Gasteiger partial charge in [0, 0.05) is 27.2 Å². The van der Waals surface area contributed by atoms with Crippen LogP contribution in [0.4, 0.5) is 0 Å². The molecule has 1 nitrogen and oxygen atoms in total. The zero-order valence-corrected chi connectivity index (χ0v) is 23.0. The molecule has 5 radical (unpaired) electrons. The third-order valence-electron chi connectivity index (χ3n) is 7.32. The van der Waals surface area contributed by atoms with Crippen LogP contribution in [0.5, 0.6) is 0 Å². The zero-order chi connectivity index (χ0) is 20.6. The number of aliphatic hydroxyl groups excluding tert-OH is 1. The van der Waals surface area contributed by atoms with E-state index in [1.54, 1.807) is 77.0 Å². The van der Waals surface area contributed by atoms with Gasteiger partial charge in [-0.15, -0.1) is 0 Å². The molecule has 0 aromatic rings. The van der Waals surface area contributed by atoms with E-state index in [9.17, 15) is 0 Å². The van der Waals surface area contributed by atoms with Gasteiger partial charge in [-0.25, -0.2) is 0 Å². The monoisotopic (exact) mass is 613 g/mol. The van der Waals surface area contributed by atoms with Crippen molar-refractivity contribution in [1.29, 1.82) is 0 Å². The van der Waals surface area contributed by atoms with Gasteiger partial charge in [0.25, 0.3) is 0 Å². The Bertz CT molecular complexity index is 293. The van der Waals surface area contributed by atoms with Gasteiger partial charge >= 0.3 is 0 Å². The standard InChI is InChI=1S/C18H33P.C8H12.CH4O.Ir/c1-4-10-16(11-5-1)19(17-12-6-2-7-13-17)18-14-8-3-9-15-18;1-2-4-6-8-7-5-3-1;1-2;/h16-18H,1-15H2;1-2,7-8H,3-6H2;2H,1H3;. The average molecular weight is 613 g/mol. The molecular weight excluding hydrogens is 563 g/mol. The summed E-state index contributed by atoms with van der Waals surface area (Å²) in [4.78, 5) is 0. The number of hydrogen-bond acceptors (Lipinski definition) is 1. The van der Waals surface area contributed by atoms with Gasteiger partial charge in [0.2, 0.25) is 0 Å². The van der Waals surface area contributed by atoms with Crippen LogP contribution < -0.4 is 0 Å². The normalized spacial score (nSPS) is 24.9. The first-order valence-corrected chi connectivity index (χ1v) is 14.5. The maximum Gasteiger partial charge on any atom is 0.0319 e. The first-order valence-electron chi connectivity index (χ1n) is 13.0. The van der Waals surface area contributed by atoms with Gasteiger partial charge in [-0.2, -0.15) is 0 Å². The molecule has 0 aromatic heterocycles. The molecule has 0 atom stereocenters. The van der Waals surface area contributed by atoms with Gasteiger partial charge in [-0.05, 0) is 107 Å². The Labute approximate surface area is 204 Å². The van der Waals surface area contributed by atoms with Gasteiger partial charge in [0.1, 0.15) is 0 Å². The molecule has 0 aromatic carbocycles. The summed E-state index contributed by atoms with van der Waals surface area (Å²) in [5.41, 5.74) is 3.57. The van der Waals surface area contributed by atoms with E-state index in [0.717, 1.165) is 7.11 Å². The first kappa shape index (κ1) is 29.1. The second kappa shape index (κ2) is 19.5. The molecular formula is C27H49IrOP. The molecule has 4 fully saturated rings. The molecule has 0 bridgehead atoms. The average Bonchev–Trinajstić information content (AvgIpc) is 2.78. The van der Waals surface area contributed by atoms with Crippen molar-refractivity contribution in [2.24, 2.45) is 0 Å². The Morgan fingerprint density at radius 2 is 0.700 bits per heavy atom. The van der Waals surface area contributed by atoms with Crippen LogP contribution in [-0.4, -0.2) is 29.2 Å². The molecule has 0 spiro atoms. The second-order valence-electron chi connectivity index (χ2n) is 9.42. The molecule has 4 saturated carbocycles. The molecule has 0 unspecified atom stereocenters. The summed E-state index contributed by atoms with van der Waals surface area (Å²) in [6.45, 7) is 0. The van der Waals surface area contributed by atoms with Crippen molar-refractivity contribution in [3.63, 3.8) is 0 Å². The van der Waals surface area contributed by atoms with Crippen LogP contribution in [-0.2, 0) is 20.1 Å².